The highest BCUT2D eigenvalue weighted by atomic mass is 16.5. The van der Waals surface area contributed by atoms with Crippen molar-refractivity contribution in [1.29, 1.82) is 0 Å². The number of nitrogens with zero attached hydrogens (tertiary/aromatic N) is 5. The first-order chi connectivity index (χ1) is 11.7. The Labute approximate surface area is 141 Å². The summed E-state index contributed by atoms with van der Waals surface area (Å²) in [5.74, 6) is 2.85. The minimum atomic E-state index is 0.388. The predicted molar refractivity (Wildman–Crippen MR) is 93.7 cm³/mol. The van der Waals surface area contributed by atoms with Crippen molar-refractivity contribution >= 4 is 17.0 Å². The summed E-state index contributed by atoms with van der Waals surface area (Å²) >= 11 is 0. The van der Waals surface area contributed by atoms with Gasteiger partial charge in [-0.3, -0.25) is 0 Å². The molecule has 0 radical (unpaired) electrons. The molecule has 6 nitrogen and oxygen atoms in total. The molecule has 1 aliphatic heterocycles. The lowest BCUT2D eigenvalue weighted by Crippen LogP contribution is -2.49. The molecule has 0 spiro atoms. The van der Waals surface area contributed by atoms with Crippen LogP contribution in [0.1, 0.15) is 31.6 Å². The molecule has 3 aromatic rings. The summed E-state index contributed by atoms with van der Waals surface area (Å²) in [6.07, 6.45) is 1.74. The molecule has 124 valence electrons. The third-order valence-electron chi connectivity index (χ3n) is 4.48. The maximum atomic E-state index is 5.19. The van der Waals surface area contributed by atoms with Crippen LogP contribution in [-0.4, -0.2) is 39.7 Å². The lowest BCUT2D eigenvalue weighted by atomic mass is 10.1. The zero-order chi connectivity index (χ0) is 16.7. The number of para-hydroxylation sites is 2. The molecule has 1 fully saturated rings. The Kier molecular flexibility index (Phi) is 3.59. The van der Waals surface area contributed by atoms with E-state index in [0.29, 0.717) is 17.8 Å². The Balaban J connectivity index is 1.62. The molecular weight excluding hydrogens is 302 g/mol. The van der Waals surface area contributed by atoms with Gasteiger partial charge in [0.1, 0.15) is 5.82 Å². The summed E-state index contributed by atoms with van der Waals surface area (Å²) < 4.78 is 7.57. The van der Waals surface area contributed by atoms with Gasteiger partial charge in [-0.25, -0.2) is 9.97 Å². The van der Waals surface area contributed by atoms with Gasteiger partial charge in [0.25, 0.3) is 0 Å². The van der Waals surface area contributed by atoms with Crippen LogP contribution in [0.25, 0.3) is 11.0 Å². The third-order valence-corrected chi connectivity index (χ3v) is 4.48. The van der Waals surface area contributed by atoms with Crippen molar-refractivity contribution in [2.75, 3.05) is 25.1 Å². The molecule has 0 N–H and O–H groups in total. The lowest BCUT2D eigenvalue weighted by Gasteiger charge is -2.41. The molecular formula is C18H21N5O. The second-order valence-corrected chi connectivity index (χ2v) is 6.44. The average molecular weight is 323 g/mol. The van der Waals surface area contributed by atoms with Gasteiger partial charge in [0.2, 0.25) is 11.8 Å². The number of ether oxygens (including phenoxy) is 1. The fourth-order valence-electron chi connectivity index (χ4n) is 3.23. The number of fused-ring (bicyclic) bond motifs is 1. The molecule has 4 rings (SSSR count). The molecule has 0 aliphatic carbocycles. The number of benzene rings is 1. The van der Waals surface area contributed by atoms with Crippen LogP contribution in [0.4, 0.5) is 5.95 Å². The summed E-state index contributed by atoms with van der Waals surface area (Å²) in [5.41, 5.74) is 2.27. The van der Waals surface area contributed by atoms with E-state index in [1.54, 1.807) is 19.4 Å². The van der Waals surface area contributed by atoms with E-state index in [-0.39, 0.29) is 0 Å². The molecule has 0 amide bonds. The van der Waals surface area contributed by atoms with E-state index >= 15 is 0 Å². The van der Waals surface area contributed by atoms with E-state index in [1.165, 1.54) is 5.52 Å². The normalized spacial score (nSPS) is 15.1. The zero-order valence-electron chi connectivity index (χ0n) is 14.2. The van der Waals surface area contributed by atoms with Crippen molar-refractivity contribution in [3.63, 3.8) is 0 Å². The molecule has 6 heteroatoms. The molecule has 0 unspecified atom stereocenters. The Morgan fingerprint density at radius 2 is 1.92 bits per heavy atom. The largest absolute Gasteiger partial charge is 0.481 e. The Morgan fingerprint density at radius 3 is 2.67 bits per heavy atom. The molecule has 0 bridgehead atoms. The predicted octanol–water partition coefficient (Wildman–Crippen LogP) is 3.02. The molecule has 0 atom stereocenters. The number of hydrogen-bond donors (Lipinski definition) is 0. The van der Waals surface area contributed by atoms with Crippen molar-refractivity contribution in [2.45, 2.75) is 25.8 Å². The van der Waals surface area contributed by atoms with Crippen LogP contribution in [-0.2, 0) is 0 Å². The van der Waals surface area contributed by atoms with Crippen LogP contribution in [0.15, 0.2) is 36.5 Å². The number of anilines is 1. The topological polar surface area (TPSA) is 56.1 Å². The molecule has 0 saturated carbocycles. The molecule has 1 aromatic carbocycles. The highest BCUT2D eigenvalue weighted by Crippen LogP contribution is 2.32. The number of imidazole rings is 1. The van der Waals surface area contributed by atoms with E-state index in [9.17, 15) is 0 Å². The van der Waals surface area contributed by atoms with Crippen molar-refractivity contribution in [2.24, 2.45) is 0 Å². The quantitative estimate of drug-likeness (QED) is 0.739. The molecule has 2 aromatic heterocycles. The Morgan fingerprint density at radius 1 is 1.12 bits per heavy atom. The van der Waals surface area contributed by atoms with Gasteiger partial charge in [0, 0.05) is 31.3 Å². The SMILES string of the molecule is COc1ccnc(N2CC(n3c(C(C)C)nc4ccccc43)C2)n1. The van der Waals surface area contributed by atoms with Gasteiger partial charge in [0.05, 0.1) is 24.2 Å². The van der Waals surface area contributed by atoms with Gasteiger partial charge in [-0.2, -0.15) is 4.98 Å². The van der Waals surface area contributed by atoms with E-state index in [4.69, 9.17) is 9.72 Å². The van der Waals surface area contributed by atoms with Crippen molar-refractivity contribution < 1.29 is 4.74 Å². The van der Waals surface area contributed by atoms with Gasteiger partial charge in [0.15, 0.2) is 0 Å². The minimum Gasteiger partial charge on any atom is -0.481 e. The Bertz CT molecular complexity index is 867. The fourth-order valence-corrected chi connectivity index (χ4v) is 3.23. The first kappa shape index (κ1) is 14.9. The van der Waals surface area contributed by atoms with Gasteiger partial charge in [-0.1, -0.05) is 26.0 Å². The van der Waals surface area contributed by atoms with E-state index in [2.05, 4.69) is 51.5 Å². The van der Waals surface area contributed by atoms with Crippen LogP contribution in [0, 0.1) is 0 Å². The van der Waals surface area contributed by atoms with Crippen LogP contribution >= 0.6 is 0 Å². The smallest absolute Gasteiger partial charge is 0.228 e. The molecule has 1 aliphatic rings. The maximum absolute atomic E-state index is 5.19. The first-order valence-corrected chi connectivity index (χ1v) is 8.26. The van der Waals surface area contributed by atoms with Crippen LogP contribution in [0.5, 0.6) is 5.88 Å². The first-order valence-electron chi connectivity index (χ1n) is 8.26. The molecule has 24 heavy (non-hydrogen) atoms. The van der Waals surface area contributed by atoms with E-state index in [0.717, 1.165) is 30.4 Å². The number of rotatable bonds is 4. The summed E-state index contributed by atoms with van der Waals surface area (Å²) in [6.45, 7) is 6.15. The van der Waals surface area contributed by atoms with Crippen molar-refractivity contribution in [3.05, 3.63) is 42.4 Å². The van der Waals surface area contributed by atoms with Crippen LogP contribution in [0.3, 0.4) is 0 Å². The number of hydrogen-bond acceptors (Lipinski definition) is 5. The second-order valence-electron chi connectivity index (χ2n) is 6.44. The number of aromatic nitrogens is 4. The summed E-state index contributed by atoms with van der Waals surface area (Å²) in [4.78, 5) is 15.8. The summed E-state index contributed by atoms with van der Waals surface area (Å²) in [7, 11) is 1.62. The monoisotopic (exact) mass is 323 g/mol. The van der Waals surface area contributed by atoms with Gasteiger partial charge >= 0.3 is 0 Å². The van der Waals surface area contributed by atoms with Crippen molar-refractivity contribution in [3.8, 4) is 5.88 Å². The lowest BCUT2D eigenvalue weighted by molar-refractivity contribution is 0.376. The van der Waals surface area contributed by atoms with Crippen LogP contribution < -0.4 is 9.64 Å². The standard InChI is InChI=1S/C18H21N5O/c1-12(2)17-20-14-6-4-5-7-15(14)23(17)13-10-22(11-13)18-19-9-8-16(21-18)24-3/h4-9,12-13H,10-11H2,1-3H3. The van der Waals surface area contributed by atoms with Crippen molar-refractivity contribution in [1.82, 2.24) is 19.5 Å². The van der Waals surface area contributed by atoms with Crippen LogP contribution in [0.2, 0.25) is 0 Å². The summed E-state index contributed by atoms with van der Waals surface area (Å²) in [6, 6.07) is 10.5. The van der Waals surface area contributed by atoms with Gasteiger partial charge in [-0.05, 0) is 12.1 Å². The van der Waals surface area contributed by atoms with E-state index in [1.807, 2.05) is 6.07 Å². The van der Waals surface area contributed by atoms with Gasteiger partial charge < -0.3 is 14.2 Å². The average Bonchev–Trinajstić information content (AvgIpc) is 2.94. The third kappa shape index (κ3) is 2.38. The summed E-state index contributed by atoms with van der Waals surface area (Å²) in [5, 5.41) is 0. The maximum Gasteiger partial charge on any atom is 0.228 e. The Hall–Kier alpha value is -2.63. The van der Waals surface area contributed by atoms with Gasteiger partial charge in [-0.15, -0.1) is 0 Å². The zero-order valence-corrected chi connectivity index (χ0v) is 14.2. The molecule has 3 heterocycles. The number of methoxy groups -OCH3 is 1. The highest BCUT2D eigenvalue weighted by Gasteiger charge is 2.33. The van der Waals surface area contributed by atoms with E-state index < -0.39 is 0 Å². The fraction of sp³-hybridized carbons (Fsp3) is 0.389. The highest BCUT2D eigenvalue weighted by molar-refractivity contribution is 5.76. The minimum absolute atomic E-state index is 0.388. The second kappa shape index (κ2) is 5.78. The molecule has 1 saturated heterocycles.